The van der Waals surface area contributed by atoms with Crippen molar-refractivity contribution in [2.75, 3.05) is 5.75 Å². The maximum atomic E-state index is 12.8. The minimum Gasteiger partial charge on any atom is -0.352 e. The zero-order valence-corrected chi connectivity index (χ0v) is 16.4. The van der Waals surface area contributed by atoms with Gasteiger partial charge in [0.1, 0.15) is 6.04 Å². The van der Waals surface area contributed by atoms with Gasteiger partial charge in [0.25, 0.3) is 0 Å². The number of hydrogen-bond acceptors (Lipinski definition) is 3. The maximum absolute atomic E-state index is 12.8. The lowest BCUT2D eigenvalue weighted by Crippen LogP contribution is -2.49. The van der Waals surface area contributed by atoms with Crippen molar-refractivity contribution in [3.05, 3.63) is 65.7 Å². The largest absolute Gasteiger partial charge is 0.416 e. The molecule has 3 rings (SSSR count). The summed E-state index contributed by atoms with van der Waals surface area (Å²) in [5.41, 5.74) is 0.156. The Bertz CT molecular complexity index is 855. The van der Waals surface area contributed by atoms with E-state index < -0.39 is 23.7 Å². The maximum Gasteiger partial charge on any atom is 0.416 e. The van der Waals surface area contributed by atoms with E-state index in [1.807, 2.05) is 30.3 Å². The van der Waals surface area contributed by atoms with Crippen LogP contribution in [-0.2, 0) is 22.2 Å². The van der Waals surface area contributed by atoms with Crippen molar-refractivity contribution >= 4 is 23.6 Å². The fourth-order valence-corrected chi connectivity index (χ4v) is 3.50. The Labute approximate surface area is 171 Å². The molecule has 1 saturated carbocycles. The summed E-state index contributed by atoms with van der Waals surface area (Å²) in [6, 6.07) is 13.6. The van der Waals surface area contributed by atoms with Crippen LogP contribution in [0.4, 0.5) is 13.2 Å². The van der Waals surface area contributed by atoms with Gasteiger partial charge in [0.2, 0.25) is 11.8 Å². The molecule has 1 atom stereocenters. The van der Waals surface area contributed by atoms with E-state index in [4.69, 9.17) is 0 Å². The van der Waals surface area contributed by atoms with Gasteiger partial charge in [0, 0.05) is 17.4 Å². The molecule has 29 heavy (non-hydrogen) atoms. The highest BCUT2D eigenvalue weighted by atomic mass is 32.2. The summed E-state index contributed by atoms with van der Waals surface area (Å²) in [6.07, 6.45) is -2.22. The molecule has 0 aromatic heterocycles. The number of benzene rings is 2. The van der Waals surface area contributed by atoms with Gasteiger partial charge in [0.15, 0.2) is 0 Å². The molecular weight excluding hydrogens is 401 g/mol. The van der Waals surface area contributed by atoms with Gasteiger partial charge >= 0.3 is 6.18 Å². The summed E-state index contributed by atoms with van der Waals surface area (Å²) >= 11 is 1.00. The fourth-order valence-electron chi connectivity index (χ4n) is 2.74. The monoisotopic (exact) mass is 422 g/mol. The van der Waals surface area contributed by atoms with Crippen molar-refractivity contribution in [2.45, 2.75) is 42.4 Å². The first-order chi connectivity index (χ1) is 13.8. The van der Waals surface area contributed by atoms with Crippen LogP contribution in [-0.4, -0.2) is 29.7 Å². The van der Waals surface area contributed by atoms with Crippen LogP contribution in [0.1, 0.15) is 24.0 Å². The number of rotatable bonds is 8. The topological polar surface area (TPSA) is 58.2 Å². The lowest BCUT2D eigenvalue weighted by molar-refractivity contribution is -0.137. The number of thioether (sulfide) groups is 1. The van der Waals surface area contributed by atoms with Crippen LogP contribution >= 0.6 is 11.8 Å². The predicted octanol–water partition coefficient (Wildman–Crippen LogP) is 3.80. The molecule has 2 amide bonds. The molecule has 1 aliphatic rings. The van der Waals surface area contributed by atoms with E-state index in [0.29, 0.717) is 11.3 Å². The van der Waals surface area contributed by atoms with Crippen molar-refractivity contribution < 1.29 is 22.8 Å². The fraction of sp³-hybridized carbons (Fsp3) is 0.333. The second-order valence-corrected chi connectivity index (χ2v) is 7.96. The molecule has 0 aliphatic heterocycles. The predicted molar refractivity (Wildman–Crippen MR) is 105 cm³/mol. The molecule has 2 aromatic rings. The average molecular weight is 422 g/mol. The number of nitrogens with one attached hydrogen (secondary N) is 2. The highest BCUT2D eigenvalue weighted by Crippen LogP contribution is 2.31. The third-order valence-corrected chi connectivity index (χ3v) is 5.38. The SMILES string of the molecule is O=C(CSc1cccc(C(F)(F)F)c1)NC(Cc1ccccc1)C(=O)NC1CC1. The van der Waals surface area contributed by atoms with Crippen molar-refractivity contribution in [1.29, 1.82) is 0 Å². The van der Waals surface area contributed by atoms with E-state index in [1.165, 1.54) is 12.1 Å². The Kier molecular flexibility index (Phi) is 6.84. The molecule has 2 N–H and O–H groups in total. The first-order valence-corrected chi connectivity index (χ1v) is 10.2. The number of amides is 2. The van der Waals surface area contributed by atoms with Crippen LogP contribution in [0.2, 0.25) is 0 Å². The summed E-state index contributed by atoms with van der Waals surface area (Å²) < 4.78 is 38.4. The van der Waals surface area contributed by atoms with E-state index in [2.05, 4.69) is 10.6 Å². The molecule has 8 heteroatoms. The Balaban J connectivity index is 1.59. The summed E-state index contributed by atoms with van der Waals surface area (Å²) in [5, 5.41) is 5.61. The lowest BCUT2D eigenvalue weighted by atomic mass is 10.1. The summed E-state index contributed by atoms with van der Waals surface area (Å²) in [4.78, 5) is 25.2. The summed E-state index contributed by atoms with van der Waals surface area (Å²) in [6.45, 7) is 0. The summed E-state index contributed by atoms with van der Waals surface area (Å²) in [7, 11) is 0. The average Bonchev–Trinajstić information content (AvgIpc) is 3.50. The molecular formula is C21H21F3N2O2S. The molecule has 1 unspecified atom stereocenters. The van der Waals surface area contributed by atoms with Gasteiger partial charge in [-0.15, -0.1) is 11.8 Å². The Morgan fingerprint density at radius 1 is 1.07 bits per heavy atom. The second-order valence-electron chi connectivity index (χ2n) is 6.91. The second kappa shape index (κ2) is 9.35. The van der Waals surface area contributed by atoms with Crippen LogP contribution in [0.5, 0.6) is 0 Å². The van der Waals surface area contributed by atoms with E-state index in [-0.39, 0.29) is 17.7 Å². The molecule has 0 bridgehead atoms. The summed E-state index contributed by atoms with van der Waals surface area (Å²) in [5.74, 6) is -0.725. The molecule has 0 spiro atoms. The minimum absolute atomic E-state index is 0.0801. The minimum atomic E-state index is -4.43. The van der Waals surface area contributed by atoms with Crippen molar-refractivity contribution in [1.82, 2.24) is 10.6 Å². The van der Waals surface area contributed by atoms with Crippen LogP contribution in [0.25, 0.3) is 0 Å². The van der Waals surface area contributed by atoms with E-state index >= 15 is 0 Å². The van der Waals surface area contributed by atoms with Crippen molar-refractivity contribution in [3.63, 3.8) is 0 Å². The highest BCUT2D eigenvalue weighted by molar-refractivity contribution is 8.00. The van der Waals surface area contributed by atoms with Crippen LogP contribution in [0.3, 0.4) is 0 Å². The Morgan fingerprint density at radius 2 is 1.79 bits per heavy atom. The molecule has 0 saturated heterocycles. The van der Waals surface area contributed by atoms with Gasteiger partial charge in [0.05, 0.1) is 11.3 Å². The number of halogens is 3. The standard InChI is InChI=1S/C21H21F3N2O2S/c22-21(23,24)15-7-4-8-17(12-15)29-13-19(27)26-18(20(28)25-16-9-10-16)11-14-5-2-1-3-6-14/h1-8,12,16,18H,9-11,13H2,(H,25,28)(H,26,27). The number of carbonyl (C=O) groups excluding carboxylic acids is 2. The first kappa shape index (κ1) is 21.2. The van der Waals surface area contributed by atoms with Gasteiger partial charge in [-0.1, -0.05) is 36.4 Å². The molecule has 2 aromatic carbocycles. The third-order valence-electron chi connectivity index (χ3n) is 4.39. The Hall–Kier alpha value is -2.48. The number of alkyl halides is 3. The molecule has 0 radical (unpaired) electrons. The van der Waals surface area contributed by atoms with Crippen LogP contribution < -0.4 is 10.6 Å². The van der Waals surface area contributed by atoms with E-state index in [0.717, 1.165) is 42.3 Å². The molecule has 1 aliphatic carbocycles. The zero-order chi connectivity index (χ0) is 20.9. The van der Waals surface area contributed by atoms with Gasteiger partial charge in [-0.3, -0.25) is 9.59 Å². The van der Waals surface area contributed by atoms with Crippen molar-refractivity contribution in [3.8, 4) is 0 Å². The normalized spacial score (nSPS) is 14.9. The smallest absolute Gasteiger partial charge is 0.352 e. The quantitative estimate of drug-likeness (QED) is 0.637. The Morgan fingerprint density at radius 3 is 2.45 bits per heavy atom. The van der Waals surface area contributed by atoms with E-state index in [9.17, 15) is 22.8 Å². The van der Waals surface area contributed by atoms with Crippen LogP contribution in [0.15, 0.2) is 59.5 Å². The number of hydrogen-bond donors (Lipinski definition) is 2. The highest BCUT2D eigenvalue weighted by Gasteiger charge is 2.31. The van der Waals surface area contributed by atoms with Gasteiger partial charge in [-0.2, -0.15) is 13.2 Å². The molecule has 154 valence electrons. The molecule has 0 heterocycles. The van der Waals surface area contributed by atoms with Crippen molar-refractivity contribution in [2.24, 2.45) is 0 Å². The zero-order valence-electron chi connectivity index (χ0n) is 15.5. The lowest BCUT2D eigenvalue weighted by Gasteiger charge is -2.18. The van der Waals surface area contributed by atoms with Gasteiger partial charge in [-0.25, -0.2) is 0 Å². The molecule has 4 nitrogen and oxygen atoms in total. The first-order valence-electron chi connectivity index (χ1n) is 9.25. The van der Waals surface area contributed by atoms with Gasteiger partial charge < -0.3 is 10.6 Å². The van der Waals surface area contributed by atoms with Gasteiger partial charge in [-0.05, 0) is 36.6 Å². The van der Waals surface area contributed by atoms with E-state index in [1.54, 1.807) is 0 Å². The third kappa shape index (κ3) is 6.81. The number of carbonyl (C=O) groups is 2. The van der Waals surface area contributed by atoms with Crippen LogP contribution in [0, 0.1) is 0 Å². The molecule has 1 fully saturated rings.